The Morgan fingerprint density at radius 2 is 1.82 bits per heavy atom. The minimum atomic E-state index is -0.666. The van der Waals surface area contributed by atoms with E-state index in [1.165, 1.54) is 0 Å². The fraction of sp³-hybridized carbons (Fsp3) is 0.667. The summed E-state index contributed by atoms with van der Waals surface area (Å²) in [6.07, 6.45) is 3.44. The van der Waals surface area contributed by atoms with Gasteiger partial charge in [0.2, 0.25) is 0 Å². The molecular weight excluding hydrogens is 559 g/mol. The molecule has 1 N–H and O–H groups in total. The summed E-state index contributed by atoms with van der Waals surface area (Å²) in [5.41, 5.74) is -0.476. The molecule has 10 nitrogen and oxygen atoms in total. The normalized spacial score (nSPS) is 25.1. The minimum Gasteiger partial charge on any atom is -0.444 e. The van der Waals surface area contributed by atoms with Crippen molar-refractivity contribution in [1.82, 2.24) is 15.1 Å². The Morgan fingerprint density at radius 3 is 2.45 bits per heavy atom. The van der Waals surface area contributed by atoms with E-state index in [0.717, 1.165) is 31.5 Å². The van der Waals surface area contributed by atoms with E-state index in [4.69, 9.17) is 18.8 Å². The van der Waals surface area contributed by atoms with E-state index in [2.05, 4.69) is 16.3 Å². The number of alkyl carbamates (subject to hydrolysis) is 1. The highest BCUT2D eigenvalue weighted by atomic mass is 16.7. The molecule has 3 fully saturated rings. The molecule has 44 heavy (non-hydrogen) atoms. The van der Waals surface area contributed by atoms with E-state index >= 15 is 0 Å². The lowest BCUT2D eigenvalue weighted by Crippen LogP contribution is -2.52. The second-order valence-corrected chi connectivity index (χ2v) is 13.8. The van der Waals surface area contributed by atoms with Crippen molar-refractivity contribution in [2.24, 2.45) is 0 Å². The number of likely N-dealkylation sites (tertiary alicyclic amines) is 1. The molecule has 240 valence electrons. The summed E-state index contributed by atoms with van der Waals surface area (Å²) in [4.78, 5) is 30.8. The quantitative estimate of drug-likeness (QED) is 0.264. The first-order valence-corrected chi connectivity index (χ1v) is 15.9. The van der Waals surface area contributed by atoms with Gasteiger partial charge in [-0.05, 0) is 85.8 Å². The Kier molecular flexibility index (Phi) is 10.8. The zero-order valence-electron chi connectivity index (χ0n) is 27.4. The number of hydrogen-bond acceptors (Lipinski definition) is 8. The van der Waals surface area contributed by atoms with Crippen LogP contribution in [0.3, 0.4) is 0 Å². The predicted molar refractivity (Wildman–Crippen MR) is 169 cm³/mol. The monoisotopic (exact) mass is 608 g/mol. The largest absolute Gasteiger partial charge is 0.482 e. The molecule has 3 aliphatic heterocycles. The van der Waals surface area contributed by atoms with Crippen LogP contribution in [-0.4, -0.2) is 96.6 Å². The van der Waals surface area contributed by atoms with Gasteiger partial charge >= 0.3 is 13.2 Å². The lowest BCUT2D eigenvalue weighted by atomic mass is 9.75. The molecule has 0 bridgehead atoms. The zero-order chi connectivity index (χ0) is 32.1. The van der Waals surface area contributed by atoms with Gasteiger partial charge in [0, 0.05) is 25.2 Å². The number of carbonyl (C=O) groups is 2. The number of morpholine rings is 1. The first-order valence-electron chi connectivity index (χ1n) is 15.9. The van der Waals surface area contributed by atoms with Crippen LogP contribution in [0, 0.1) is 11.3 Å². The maximum Gasteiger partial charge on any atom is 0.482 e. The van der Waals surface area contributed by atoms with Crippen molar-refractivity contribution < 1.29 is 28.4 Å². The second-order valence-electron chi connectivity index (χ2n) is 13.8. The van der Waals surface area contributed by atoms with Gasteiger partial charge in [-0.15, -0.1) is 0 Å². The third-order valence-corrected chi connectivity index (χ3v) is 9.30. The van der Waals surface area contributed by atoms with Crippen molar-refractivity contribution in [1.29, 1.82) is 5.26 Å². The number of amides is 2. The Morgan fingerprint density at radius 1 is 1.14 bits per heavy atom. The topological polar surface area (TPSA) is 113 Å². The SMILES string of the molecule is C[C@@H]1CN(C(C)(C)/C=C(\C#N)C(=O)N2CCCC[C@@H](OC(=O)N[C@@H](Cc3ccccc3)B3OC(C)(C)C(C)(C)O3)C2)CCO1. The van der Waals surface area contributed by atoms with Gasteiger partial charge in [0.05, 0.1) is 36.4 Å². The number of nitrogens with one attached hydrogen (secondary N) is 1. The summed E-state index contributed by atoms with van der Waals surface area (Å²) in [6.45, 7) is 16.8. The Bertz CT molecular complexity index is 1210. The molecule has 0 saturated carbocycles. The number of ether oxygens (including phenoxy) is 2. The van der Waals surface area contributed by atoms with Crippen LogP contribution in [0.15, 0.2) is 42.0 Å². The molecule has 0 spiro atoms. The van der Waals surface area contributed by atoms with Crippen LogP contribution < -0.4 is 5.32 Å². The molecule has 3 atom stereocenters. The maximum absolute atomic E-state index is 13.6. The van der Waals surface area contributed by atoms with E-state index in [-0.39, 0.29) is 24.1 Å². The summed E-state index contributed by atoms with van der Waals surface area (Å²) >= 11 is 0. The van der Waals surface area contributed by atoms with Crippen LogP contribution in [0.1, 0.15) is 73.3 Å². The third kappa shape index (κ3) is 8.42. The van der Waals surface area contributed by atoms with E-state index in [1.807, 2.05) is 78.8 Å². The van der Waals surface area contributed by atoms with Gasteiger partial charge in [0.25, 0.3) is 5.91 Å². The molecule has 3 heterocycles. The first kappa shape index (κ1) is 34.0. The molecule has 0 unspecified atom stereocenters. The van der Waals surface area contributed by atoms with Crippen molar-refractivity contribution in [2.75, 3.05) is 32.8 Å². The van der Waals surface area contributed by atoms with E-state index in [0.29, 0.717) is 26.0 Å². The molecule has 1 aromatic rings. The van der Waals surface area contributed by atoms with Gasteiger partial charge in [-0.3, -0.25) is 9.69 Å². The molecule has 3 saturated heterocycles. The number of benzene rings is 1. The lowest BCUT2D eigenvalue weighted by molar-refractivity contribution is -0.127. The van der Waals surface area contributed by atoms with Crippen LogP contribution in [0.25, 0.3) is 0 Å². The maximum atomic E-state index is 13.6. The summed E-state index contributed by atoms with van der Waals surface area (Å²) in [5.74, 6) is -0.829. The third-order valence-electron chi connectivity index (χ3n) is 9.30. The number of nitrogens with zero attached hydrogens (tertiary/aromatic N) is 3. The summed E-state index contributed by atoms with van der Waals surface area (Å²) in [6, 6.07) is 12.0. The van der Waals surface area contributed by atoms with Gasteiger partial charge in [-0.1, -0.05) is 30.3 Å². The molecular formula is C33H49BN4O6. The van der Waals surface area contributed by atoms with Crippen molar-refractivity contribution in [3.05, 3.63) is 47.5 Å². The second kappa shape index (κ2) is 14.0. The van der Waals surface area contributed by atoms with Crippen LogP contribution in [0.2, 0.25) is 0 Å². The minimum absolute atomic E-state index is 0.0874. The van der Waals surface area contributed by atoms with Crippen LogP contribution >= 0.6 is 0 Å². The molecule has 2 amide bonds. The molecule has 1 aromatic carbocycles. The lowest BCUT2D eigenvalue weighted by Gasteiger charge is -2.41. The highest BCUT2D eigenvalue weighted by molar-refractivity contribution is 6.48. The molecule has 4 rings (SSSR count). The average molecular weight is 609 g/mol. The fourth-order valence-electron chi connectivity index (χ4n) is 5.96. The highest BCUT2D eigenvalue weighted by Gasteiger charge is 2.54. The number of nitriles is 1. The van der Waals surface area contributed by atoms with Gasteiger partial charge in [0.15, 0.2) is 0 Å². The van der Waals surface area contributed by atoms with E-state index in [1.54, 1.807) is 11.0 Å². The first-order chi connectivity index (χ1) is 20.7. The Hall–Kier alpha value is -2.91. The van der Waals surface area contributed by atoms with Crippen molar-refractivity contribution >= 4 is 19.1 Å². The Balaban J connectivity index is 1.43. The molecule has 0 aromatic heterocycles. The standard InChI is InChI=1S/C33H49BN4O6/c1-24-22-38(17-18-41-24)31(2,3)20-26(21-35)29(39)37-16-12-11-15-27(23-37)42-30(40)36-28(19-25-13-9-8-10-14-25)34-43-32(4,5)33(6,7)44-34/h8-10,13-14,20,24,27-28H,11-12,15-19,22-23H2,1-7H3,(H,36,40)/b26-20+/t24-,27-,28+/m1/s1. The molecule has 0 radical (unpaired) electrons. The number of carbonyl (C=O) groups excluding carboxylic acids is 2. The van der Waals surface area contributed by atoms with Gasteiger partial charge in [-0.25, -0.2) is 4.79 Å². The van der Waals surface area contributed by atoms with Gasteiger partial charge in [-0.2, -0.15) is 5.26 Å². The zero-order valence-corrected chi connectivity index (χ0v) is 27.4. The number of hydrogen-bond donors (Lipinski definition) is 1. The van der Waals surface area contributed by atoms with Crippen LogP contribution in [0.4, 0.5) is 4.79 Å². The summed E-state index contributed by atoms with van der Waals surface area (Å²) < 4.78 is 24.2. The Labute approximate surface area is 263 Å². The molecule has 3 aliphatic rings. The summed E-state index contributed by atoms with van der Waals surface area (Å²) in [5, 5.41) is 13.0. The smallest absolute Gasteiger partial charge is 0.444 e. The molecule has 11 heteroatoms. The van der Waals surface area contributed by atoms with Crippen molar-refractivity contribution in [3.63, 3.8) is 0 Å². The number of rotatable bonds is 8. The molecule has 0 aliphatic carbocycles. The fourth-order valence-corrected chi connectivity index (χ4v) is 5.96. The summed E-state index contributed by atoms with van der Waals surface area (Å²) in [7, 11) is -0.666. The average Bonchev–Trinajstić information content (AvgIpc) is 3.09. The highest BCUT2D eigenvalue weighted by Crippen LogP contribution is 2.38. The van der Waals surface area contributed by atoms with Crippen molar-refractivity contribution in [3.8, 4) is 6.07 Å². The van der Waals surface area contributed by atoms with E-state index in [9.17, 15) is 14.9 Å². The van der Waals surface area contributed by atoms with Crippen LogP contribution in [0.5, 0.6) is 0 Å². The van der Waals surface area contributed by atoms with E-state index < -0.39 is 42.0 Å². The van der Waals surface area contributed by atoms with Gasteiger partial charge in [0.1, 0.15) is 17.7 Å². The van der Waals surface area contributed by atoms with Crippen LogP contribution in [-0.2, 0) is 30.0 Å². The predicted octanol–water partition coefficient (Wildman–Crippen LogP) is 4.29. The van der Waals surface area contributed by atoms with Crippen molar-refractivity contribution in [2.45, 2.75) is 109 Å². The van der Waals surface area contributed by atoms with Gasteiger partial charge < -0.3 is 29.0 Å².